The lowest BCUT2D eigenvalue weighted by molar-refractivity contribution is 0.0713. The Bertz CT molecular complexity index is 905. The van der Waals surface area contributed by atoms with E-state index in [1.54, 1.807) is 23.4 Å². The zero-order valence-corrected chi connectivity index (χ0v) is 15.6. The van der Waals surface area contributed by atoms with Gasteiger partial charge in [0.25, 0.3) is 5.91 Å². The molecule has 0 spiro atoms. The maximum absolute atomic E-state index is 12.5. The first-order valence-corrected chi connectivity index (χ1v) is 9.17. The predicted octanol–water partition coefficient (Wildman–Crippen LogP) is 3.46. The molecule has 3 aromatic rings. The number of anilines is 1. The van der Waals surface area contributed by atoms with Crippen molar-refractivity contribution in [3.63, 3.8) is 0 Å². The first-order chi connectivity index (χ1) is 12.7. The summed E-state index contributed by atoms with van der Waals surface area (Å²) in [5.74, 6) is 1.16. The third-order valence-electron chi connectivity index (χ3n) is 4.40. The summed E-state index contributed by atoms with van der Waals surface area (Å²) in [6.45, 7) is 2.70. The number of piperazine rings is 1. The second-order valence-electron chi connectivity index (χ2n) is 6.01. The molecule has 0 bridgehead atoms. The molecule has 0 radical (unpaired) electrons. The van der Waals surface area contributed by atoms with E-state index < -0.39 is 0 Å². The van der Waals surface area contributed by atoms with Crippen LogP contribution in [0.4, 0.5) is 5.82 Å². The molecule has 2 aromatic heterocycles. The van der Waals surface area contributed by atoms with Crippen molar-refractivity contribution in [1.29, 1.82) is 0 Å². The van der Waals surface area contributed by atoms with E-state index in [0.29, 0.717) is 23.5 Å². The second-order valence-corrected chi connectivity index (χ2v) is 6.79. The lowest BCUT2D eigenvalue weighted by Gasteiger charge is -2.35. The number of nitrogens with zero attached hydrogens (tertiary/aromatic N) is 4. The second kappa shape index (κ2) is 7.29. The normalized spacial score (nSPS) is 14.5. The van der Waals surface area contributed by atoms with Gasteiger partial charge in [0.15, 0.2) is 10.4 Å². The van der Waals surface area contributed by atoms with Gasteiger partial charge in [0.2, 0.25) is 0 Å². The van der Waals surface area contributed by atoms with Gasteiger partial charge in [0.1, 0.15) is 12.1 Å². The molecule has 26 heavy (non-hydrogen) atoms. The number of hydrogen-bond donors (Lipinski definition) is 0. The van der Waals surface area contributed by atoms with Crippen molar-refractivity contribution in [2.45, 2.75) is 0 Å². The largest absolute Gasteiger partial charge is 0.444 e. The Labute approximate surface area is 159 Å². The zero-order chi connectivity index (χ0) is 17.9. The average molecular weight is 413 g/mol. The number of hydrogen-bond acceptors (Lipinski definition) is 5. The zero-order valence-electron chi connectivity index (χ0n) is 14.0. The number of carbonyl (C=O) groups excluding carboxylic acids is 1. The maximum atomic E-state index is 12.5. The molecule has 1 aromatic carbocycles. The van der Waals surface area contributed by atoms with E-state index in [0.717, 1.165) is 30.2 Å². The quantitative estimate of drug-likeness (QED) is 0.658. The monoisotopic (exact) mass is 412 g/mol. The minimum absolute atomic E-state index is 0.0805. The van der Waals surface area contributed by atoms with E-state index >= 15 is 0 Å². The highest BCUT2D eigenvalue weighted by atomic mass is 79.9. The third kappa shape index (κ3) is 3.48. The molecule has 4 rings (SSSR count). The van der Waals surface area contributed by atoms with Gasteiger partial charge >= 0.3 is 0 Å². The van der Waals surface area contributed by atoms with Crippen molar-refractivity contribution >= 4 is 27.7 Å². The van der Waals surface area contributed by atoms with Crippen molar-refractivity contribution in [1.82, 2.24) is 14.9 Å². The van der Waals surface area contributed by atoms with Gasteiger partial charge in [-0.2, -0.15) is 0 Å². The summed E-state index contributed by atoms with van der Waals surface area (Å²) in [5, 5.41) is 0. The summed E-state index contributed by atoms with van der Waals surface area (Å²) < 4.78 is 5.93. The van der Waals surface area contributed by atoms with Crippen molar-refractivity contribution in [2.75, 3.05) is 31.1 Å². The summed E-state index contributed by atoms with van der Waals surface area (Å²) in [6.07, 6.45) is 1.59. The van der Waals surface area contributed by atoms with E-state index in [1.807, 2.05) is 36.4 Å². The smallest absolute Gasteiger partial charge is 0.289 e. The van der Waals surface area contributed by atoms with Crippen LogP contribution >= 0.6 is 15.9 Å². The topological polar surface area (TPSA) is 62.5 Å². The number of furan rings is 1. The third-order valence-corrected chi connectivity index (χ3v) is 4.82. The van der Waals surface area contributed by atoms with Crippen LogP contribution in [0.15, 0.2) is 63.9 Å². The van der Waals surface area contributed by atoms with Crippen molar-refractivity contribution < 1.29 is 9.21 Å². The van der Waals surface area contributed by atoms with Gasteiger partial charge in [-0.3, -0.25) is 4.79 Å². The molecule has 0 saturated carbocycles. The number of rotatable bonds is 3. The molecule has 6 nitrogen and oxygen atoms in total. The van der Waals surface area contributed by atoms with E-state index in [1.165, 1.54) is 0 Å². The van der Waals surface area contributed by atoms with Gasteiger partial charge in [0, 0.05) is 37.8 Å². The number of amides is 1. The number of aromatic nitrogens is 2. The van der Waals surface area contributed by atoms with E-state index in [2.05, 4.69) is 30.8 Å². The Hall–Kier alpha value is -2.67. The molecular weight excluding hydrogens is 396 g/mol. The Morgan fingerprint density at radius 3 is 2.46 bits per heavy atom. The Morgan fingerprint density at radius 1 is 1.00 bits per heavy atom. The maximum Gasteiger partial charge on any atom is 0.289 e. The highest BCUT2D eigenvalue weighted by molar-refractivity contribution is 9.10. The molecule has 1 aliphatic heterocycles. The summed E-state index contributed by atoms with van der Waals surface area (Å²) in [4.78, 5) is 25.2. The van der Waals surface area contributed by atoms with Crippen LogP contribution in [0.25, 0.3) is 11.3 Å². The molecule has 0 aliphatic carbocycles. The van der Waals surface area contributed by atoms with Crippen LogP contribution in [0.3, 0.4) is 0 Å². The lowest BCUT2D eigenvalue weighted by atomic mass is 10.1. The van der Waals surface area contributed by atoms with Gasteiger partial charge in [0.05, 0.1) is 5.69 Å². The fourth-order valence-electron chi connectivity index (χ4n) is 3.01. The van der Waals surface area contributed by atoms with Crippen LogP contribution in [0.5, 0.6) is 0 Å². The Balaban J connectivity index is 1.44. The number of carbonyl (C=O) groups is 1. The van der Waals surface area contributed by atoms with Crippen LogP contribution in [0, 0.1) is 0 Å². The fraction of sp³-hybridized carbons (Fsp3) is 0.211. The molecular formula is C19H17BrN4O2. The van der Waals surface area contributed by atoms with Gasteiger partial charge < -0.3 is 14.2 Å². The molecule has 132 valence electrons. The van der Waals surface area contributed by atoms with E-state index in [4.69, 9.17) is 4.42 Å². The number of benzene rings is 1. The molecule has 1 amide bonds. The fourth-order valence-corrected chi connectivity index (χ4v) is 3.32. The summed E-state index contributed by atoms with van der Waals surface area (Å²) in [6, 6.07) is 15.5. The Kier molecular flexibility index (Phi) is 4.71. The van der Waals surface area contributed by atoms with Crippen molar-refractivity contribution in [2.24, 2.45) is 0 Å². The molecule has 0 N–H and O–H groups in total. The first kappa shape index (κ1) is 16.8. The van der Waals surface area contributed by atoms with Crippen LogP contribution in [-0.4, -0.2) is 47.0 Å². The van der Waals surface area contributed by atoms with E-state index in [-0.39, 0.29) is 5.91 Å². The van der Waals surface area contributed by atoms with Crippen LogP contribution < -0.4 is 4.90 Å². The Morgan fingerprint density at radius 2 is 1.77 bits per heavy atom. The molecule has 0 unspecified atom stereocenters. The highest BCUT2D eigenvalue weighted by Crippen LogP contribution is 2.22. The van der Waals surface area contributed by atoms with Crippen LogP contribution in [-0.2, 0) is 0 Å². The predicted molar refractivity (Wildman–Crippen MR) is 102 cm³/mol. The van der Waals surface area contributed by atoms with Gasteiger partial charge in [-0.25, -0.2) is 9.97 Å². The minimum atomic E-state index is -0.0805. The number of halogens is 1. The summed E-state index contributed by atoms with van der Waals surface area (Å²) in [7, 11) is 0. The average Bonchev–Trinajstić information content (AvgIpc) is 3.15. The molecule has 3 heterocycles. The van der Waals surface area contributed by atoms with Crippen LogP contribution in [0.1, 0.15) is 10.6 Å². The molecule has 7 heteroatoms. The molecule has 0 atom stereocenters. The SMILES string of the molecule is O=C(c1ccc(Br)o1)N1CCN(c2cc(-c3ccccc3)ncn2)CC1. The molecule has 1 fully saturated rings. The first-order valence-electron chi connectivity index (χ1n) is 8.38. The van der Waals surface area contributed by atoms with Crippen molar-refractivity contribution in [3.8, 4) is 11.3 Å². The summed E-state index contributed by atoms with van der Waals surface area (Å²) in [5.41, 5.74) is 1.96. The standard InChI is InChI=1S/C19H17BrN4O2/c20-17-7-6-16(26-17)19(25)24-10-8-23(9-11-24)18-12-15(21-13-22-18)14-4-2-1-3-5-14/h1-7,12-13H,8-11H2. The van der Waals surface area contributed by atoms with E-state index in [9.17, 15) is 4.79 Å². The molecule has 1 saturated heterocycles. The van der Waals surface area contributed by atoms with Gasteiger partial charge in [-0.1, -0.05) is 30.3 Å². The molecule has 1 aliphatic rings. The highest BCUT2D eigenvalue weighted by Gasteiger charge is 2.25. The lowest BCUT2D eigenvalue weighted by Crippen LogP contribution is -2.49. The van der Waals surface area contributed by atoms with Gasteiger partial charge in [-0.15, -0.1) is 0 Å². The van der Waals surface area contributed by atoms with Crippen molar-refractivity contribution in [3.05, 3.63) is 65.3 Å². The summed E-state index contributed by atoms with van der Waals surface area (Å²) >= 11 is 3.23. The van der Waals surface area contributed by atoms with Crippen LogP contribution in [0.2, 0.25) is 0 Å². The van der Waals surface area contributed by atoms with Gasteiger partial charge in [-0.05, 0) is 28.1 Å². The minimum Gasteiger partial charge on any atom is -0.444 e.